The molecule has 1 saturated carbocycles. The fraction of sp³-hybridized carbons (Fsp3) is 0.600. The minimum Gasteiger partial charge on any atom is -0.306 e. The van der Waals surface area contributed by atoms with Crippen LogP contribution in [0, 0.1) is 11.8 Å². The van der Waals surface area contributed by atoms with Gasteiger partial charge in [0.25, 0.3) is 0 Å². The fourth-order valence-electron chi connectivity index (χ4n) is 3.81. The average Bonchev–Trinajstić information content (AvgIpc) is 2.70. The minimum atomic E-state index is 0.824. The highest BCUT2D eigenvalue weighted by Crippen LogP contribution is 2.44. The summed E-state index contributed by atoms with van der Waals surface area (Å²) < 4.78 is 0. The summed E-state index contributed by atoms with van der Waals surface area (Å²) in [6.45, 7) is 2.64. The van der Waals surface area contributed by atoms with E-state index in [1.807, 2.05) is 0 Å². The summed E-state index contributed by atoms with van der Waals surface area (Å²) in [4.78, 5) is 2.52. The normalized spacial score (nSPS) is 34.9. The highest BCUT2D eigenvalue weighted by atomic mass is 15.1. The molecule has 1 heterocycles. The van der Waals surface area contributed by atoms with E-state index in [1.54, 1.807) is 5.56 Å². The first kappa shape index (κ1) is 10.3. The van der Waals surface area contributed by atoms with E-state index in [0.717, 1.165) is 17.8 Å². The summed E-state index contributed by atoms with van der Waals surface area (Å²) in [6, 6.07) is 11.2. The number of fused-ring (bicyclic) bond motifs is 1. The van der Waals surface area contributed by atoms with Crippen LogP contribution in [-0.2, 0) is 0 Å². The van der Waals surface area contributed by atoms with Crippen molar-refractivity contribution in [2.75, 3.05) is 20.1 Å². The first-order chi connectivity index (χ1) is 7.84. The van der Waals surface area contributed by atoms with E-state index in [4.69, 9.17) is 0 Å². The van der Waals surface area contributed by atoms with Crippen molar-refractivity contribution in [2.45, 2.75) is 25.2 Å². The molecule has 0 aromatic heterocycles. The Hall–Kier alpha value is -0.820. The lowest BCUT2D eigenvalue weighted by Gasteiger charge is -2.33. The Morgan fingerprint density at radius 3 is 2.69 bits per heavy atom. The molecule has 1 heteroatoms. The molecule has 1 aliphatic carbocycles. The third-order valence-corrected chi connectivity index (χ3v) is 4.51. The van der Waals surface area contributed by atoms with Crippen LogP contribution in [0.4, 0.5) is 0 Å². The lowest BCUT2D eigenvalue weighted by molar-refractivity contribution is 0.258. The summed E-state index contributed by atoms with van der Waals surface area (Å²) in [6.07, 6.45) is 4.28. The summed E-state index contributed by atoms with van der Waals surface area (Å²) >= 11 is 0. The second-order valence-corrected chi connectivity index (χ2v) is 5.59. The van der Waals surface area contributed by atoms with Gasteiger partial charge in [-0.05, 0) is 43.2 Å². The molecule has 2 aliphatic rings. The van der Waals surface area contributed by atoms with Crippen LogP contribution in [0.15, 0.2) is 30.3 Å². The van der Waals surface area contributed by atoms with Crippen molar-refractivity contribution in [3.05, 3.63) is 35.9 Å². The largest absolute Gasteiger partial charge is 0.306 e. The second-order valence-electron chi connectivity index (χ2n) is 5.59. The number of rotatable bonds is 1. The molecule has 0 radical (unpaired) electrons. The Kier molecular flexibility index (Phi) is 2.72. The molecule has 0 amide bonds. The van der Waals surface area contributed by atoms with Gasteiger partial charge in [0, 0.05) is 13.1 Å². The van der Waals surface area contributed by atoms with Crippen LogP contribution in [-0.4, -0.2) is 25.0 Å². The van der Waals surface area contributed by atoms with E-state index in [1.165, 1.54) is 32.4 Å². The topological polar surface area (TPSA) is 3.24 Å². The van der Waals surface area contributed by atoms with Gasteiger partial charge in [-0.1, -0.05) is 36.8 Å². The number of hydrogen-bond acceptors (Lipinski definition) is 1. The molecule has 86 valence electrons. The van der Waals surface area contributed by atoms with Crippen molar-refractivity contribution in [1.82, 2.24) is 4.90 Å². The van der Waals surface area contributed by atoms with Gasteiger partial charge in [-0.15, -0.1) is 0 Å². The van der Waals surface area contributed by atoms with Gasteiger partial charge in [-0.3, -0.25) is 0 Å². The molecule has 0 N–H and O–H groups in total. The van der Waals surface area contributed by atoms with Crippen LogP contribution in [0.5, 0.6) is 0 Å². The van der Waals surface area contributed by atoms with Crippen LogP contribution < -0.4 is 0 Å². The van der Waals surface area contributed by atoms with Crippen LogP contribution in [0.3, 0.4) is 0 Å². The minimum absolute atomic E-state index is 0.824. The van der Waals surface area contributed by atoms with E-state index in [2.05, 4.69) is 42.3 Å². The van der Waals surface area contributed by atoms with Crippen molar-refractivity contribution >= 4 is 0 Å². The Balaban J connectivity index is 1.85. The maximum Gasteiger partial charge on any atom is 0.00157 e. The van der Waals surface area contributed by atoms with Crippen LogP contribution in [0.1, 0.15) is 30.7 Å². The van der Waals surface area contributed by atoms with Crippen molar-refractivity contribution in [3.63, 3.8) is 0 Å². The first-order valence-electron chi connectivity index (χ1n) is 6.58. The van der Waals surface area contributed by atoms with Crippen molar-refractivity contribution < 1.29 is 0 Å². The second kappa shape index (κ2) is 4.21. The molecule has 2 fully saturated rings. The quantitative estimate of drug-likeness (QED) is 0.695. The number of nitrogens with zero attached hydrogens (tertiary/aromatic N) is 1. The van der Waals surface area contributed by atoms with Crippen LogP contribution >= 0.6 is 0 Å². The zero-order valence-electron chi connectivity index (χ0n) is 10.1. The summed E-state index contributed by atoms with van der Waals surface area (Å²) in [5, 5.41) is 0. The Labute approximate surface area is 98.5 Å². The smallest absolute Gasteiger partial charge is 0.00157 e. The Morgan fingerprint density at radius 2 is 1.88 bits per heavy atom. The molecule has 1 nitrogen and oxygen atoms in total. The molecule has 1 saturated heterocycles. The Bertz CT molecular complexity index is 346. The number of benzene rings is 1. The first-order valence-corrected chi connectivity index (χ1v) is 6.58. The van der Waals surface area contributed by atoms with E-state index < -0.39 is 0 Å². The highest BCUT2D eigenvalue weighted by Gasteiger charge is 2.39. The zero-order valence-corrected chi connectivity index (χ0v) is 10.1. The molecular weight excluding hydrogens is 194 g/mol. The lowest BCUT2D eigenvalue weighted by Crippen LogP contribution is -2.25. The van der Waals surface area contributed by atoms with E-state index in [9.17, 15) is 0 Å². The van der Waals surface area contributed by atoms with Crippen molar-refractivity contribution in [2.24, 2.45) is 11.8 Å². The Morgan fingerprint density at radius 1 is 1.06 bits per heavy atom. The summed E-state index contributed by atoms with van der Waals surface area (Å²) in [7, 11) is 2.28. The molecule has 3 rings (SSSR count). The van der Waals surface area contributed by atoms with Gasteiger partial charge in [-0.2, -0.15) is 0 Å². The van der Waals surface area contributed by atoms with E-state index in [-0.39, 0.29) is 0 Å². The highest BCUT2D eigenvalue weighted by molar-refractivity contribution is 5.22. The van der Waals surface area contributed by atoms with Crippen LogP contribution in [0.25, 0.3) is 0 Å². The predicted molar refractivity (Wildman–Crippen MR) is 67.5 cm³/mol. The lowest BCUT2D eigenvalue weighted by atomic mass is 9.71. The third kappa shape index (κ3) is 1.78. The molecular formula is C15H21N. The van der Waals surface area contributed by atoms with Gasteiger partial charge in [0.05, 0.1) is 0 Å². The van der Waals surface area contributed by atoms with Gasteiger partial charge in [0.15, 0.2) is 0 Å². The monoisotopic (exact) mass is 215 g/mol. The fourth-order valence-corrected chi connectivity index (χ4v) is 3.81. The zero-order chi connectivity index (χ0) is 11.0. The van der Waals surface area contributed by atoms with Gasteiger partial charge >= 0.3 is 0 Å². The standard InChI is InChI=1S/C15H21N/c1-16-10-13-8-5-9-14(15(13)11-16)12-6-3-2-4-7-12/h2-4,6-7,13-15H,5,8-11H2,1H3/t13-,14?,15?/m1/s1. The van der Waals surface area contributed by atoms with E-state index >= 15 is 0 Å². The SMILES string of the molecule is CN1CC2C(c3ccccc3)CCC[C@@H]2C1. The molecule has 1 aromatic carbocycles. The summed E-state index contributed by atoms with van der Waals surface area (Å²) in [5.41, 5.74) is 1.58. The molecule has 16 heavy (non-hydrogen) atoms. The molecule has 1 aliphatic heterocycles. The third-order valence-electron chi connectivity index (χ3n) is 4.51. The predicted octanol–water partition coefficient (Wildman–Crippen LogP) is 3.13. The summed E-state index contributed by atoms with van der Waals surface area (Å²) in [5.74, 6) is 2.70. The average molecular weight is 215 g/mol. The maximum absolute atomic E-state index is 2.52. The molecule has 1 aromatic rings. The van der Waals surface area contributed by atoms with Gasteiger partial charge in [0.1, 0.15) is 0 Å². The van der Waals surface area contributed by atoms with Gasteiger partial charge in [-0.25, -0.2) is 0 Å². The molecule has 0 spiro atoms. The molecule has 2 unspecified atom stereocenters. The van der Waals surface area contributed by atoms with Crippen molar-refractivity contribution in [1.29, 1.82) is 0 Å². The number of likely N-dealkylation sites (tertiary alicyclic amines) is 1. The molecule has 0 bridgehead atoms. The van der Waals surface area contributed by atoms with Crippen LogP contribution in [0.2, 0.25) is 0 Å². The van der Waals surface area contributed by atoms with E-state index in [0.29, 0.717) is 0 Å². The van der Waals surface area contributed by atoms with Gasteiger partial charge in [0.2, 0.25) is 0 Å². The van der Waals surface area contributed by atoms with Crippen molar-refractivity contribution in [3.8, 4) is 0 Å². The van der Waals surface area contributed by atoms with Gasteiger partial charge < -0.3 is 4.90 Å². The molecule has 3 atom stereocenters. The number of hydrogen-bond donors (Lipinski definition) is 0. The maximum atomic E-state index is 2.52.